The van der Waals surface area contributed by atoms with Crippen LogP contribution in [0.1, 0.15) is 12.5 Å². The predicted octanol–water partition coefficient (Wildman–Crippen LogP) is 3.56. The van der Waals surface area contributed by atoms with Crippen LogP contribution in [-0.2, 0) is 24.8 Å². The molecule has 0 fully saturated rings. The molecule has 3 rings (SSSR count). The fraction of sp³-hybridized carbons (Fsp3) is 0.0952. The fourth-order valence-corrected chi connectivity index (χ4v) is 4.79. The molecule has 10 heteroatoms. The average molecular weight is 460 g/mol. The first kappa shape index (κ1) is 22.3. The second kappa shape index (κ2) is 8.78. The Balaban J connectivity index is 1.71. The van der Waals surface area contributed by atoms with Crippen molar-refractivity contribution in [1.82, 2.24) is 0 Å². The highest BCUT2D eigenvalue weighted by atomic mass is 32.2. The zero-order valence-corrected chi connectivity index (χ0v) is 18.4. The van der Waals surface area contributed by atoms with Crippen molar-refractivity contribution in [3.05, 3.63) is 78.4 Å². The van der Waals surface area contributed by atoms with Gasteiger partial charge in [0.1, 0.15) is 0 Å². The van der Waals surface area contributed by atoms with Crippen molar-refractivity contribution in [3.63, 3.8) is 0 Å². The first-order chi connectivity index (χ1) is 14.5. The van der Waals surface area contributed by atoms with Gasteiger partial charge < -0.3 is 5.32 Å². The molecular formula is C21H21N3O5S2. The van der Waals surface area contributed by atoms with Gasteiger partial charge in [-0.15, -0.1) is 0 Å². The summed E-state index contributed by atoms with van der Waals surface area (Å²) in [5, 5.41) is 2.56. The maximum atomic E-state index is 12.6. The molecule has 3 aromatic carbocycles. The largest absolute Gasteiger partial charge is 0.326 e. The molecule has 0 bridgehead atoms. The summed E-state index contributed by atoms with van der Waals surface area (Å²) in [5.74, 6) is -0.258. The van der Waals surface area contributed by atoms with E-state index in [4.69, 9.17) is 0 Å². The van der Waals surface area contributed by atoms with Crippen LogP contribution in [-0.4, -0.2) is 22.7 Å². The summed E-state index contributed by atoms with van der Waals surface area (Å²) < 4.78 is 54.9. The number of carbonyl (C=O) groups excluding carboxylic acids is 1. The van der Waals surface area contributed by atoms with E-state index in [0.29, 0.717) is 11.4 Å². The minimum atomic E-state index is -3.85. The summed E-state index contributed by atoms with van der Waals surface area (Å²) in [6, 6.07) is 18.0. The molecule has 0 radical (unpaired) electrons. The van der Waals surface area contributed by atoms with Crippen LogP contribution in [0.15, 0.2) is 82.6 Å². The maximum Gasteiger partial charge on any atom is 0.261 e. The number of hydrogen-bond donors (Lipinski definition) is 3. The lowest BCUT2D eigenvalue weighted by Crippen LogP contribution is -2.14. The monoisotopic (exact) mass is 459 g/mol. The van der Waals surface area contributed by atoms with Crippen LogP contribution in [0.25, 0.3) is 0 Å². The highest BCUT2D eigenvalue weighted by Crippen LogP contribution is 2.22. The van der Waals surface area contributed by atoms with Gasteiger partial charge in [-0.3, -0.25) is 14.2 Å². The third-order valence-electron chi connectivity index (χ3n) is 4.21. The summed E-state index contributed by atoms with van der Waals surface area (Å²) in [6.45, 7) is 3.22. The summed E-state index contributed by atoms with van der Waals surface area (Å²) in [7, 11) is -7.61. The maximum absolute atomic E-state index is 12.6. The second-order valence-electron chi connectivity index (χ2n) is 6.81. The molecule has 0 unspecified atom stereocenters. The molecular weight excluding hydrogens is 438 g/mol. The van der Waals surface area contributed by atoms with E-state index in [2.05, 4.69) is 14.8 Å². The first-order valence-electron chi connectivity index (χ1n) is 9.15. The van der Waals surface area contributed by atoms with E-state index >= 15 is 0 Å². The Bertz CT molecular complexity index is 1280. The highest BCUT2D eigenvalue weighted by Gasteiger charge is 2.16. The van der Waals surface area contributed by atoms with Crippen LogP contribution >= 0.6 is 0 Å². The molecule has 0 saturated heterocycles. The van der Waals surface area contributed by atoms with Crippen molar-refractivity contribution in [2.45, 2.75) is 23.6 Å². The number of anilines is 3. The Morgan fingerprint density at radius 2 is 0.968 bits per heavy atom. The summed E-state index contributed by atoms with van der Waals surface area (Å²) in [5.41, 5.74) is 1.99. The molecule has 0 saturated carbocycles. The molecule has 0 spiro atoms. The van der Waals surface area contributed by atoms with Gasteiger partial charge in [-0.2, -0.15) is 0 Å². The van der Waals surface area contributed by atoms with Crippen LogP contribution in [0.3, 0.4) is 0 Å². The Labute approximate surface area is 181 Å². The molecule has 1 amide bonds. The van der Waals surface area contributed by atoms with Crippen LogP contribution in [0, 0.1) is 6.92 Å². The first-order valence-corrected chi connectivity index (χ1v) is 12.1. The zero-order valence-electron chi connectivity index (χ0n) is 16.8. The number of aryl methyl sites for hydroxylation is 1. The molecule has 0 aliphatic heterocycles. The Hall–Kier alpha value is -3.37. The van der Waals surface area contributed by atoms with Crippen molar-refractivity contribution in [3.8, 4) is 0 Å². The van der Waals surface area contributed by atoms with Gasteiger partial charge in [0, 0.05) is 24.0 Å². The van der Waals surface area contributed by atoms with Gasteiger partial charge in [-0.05, 0) is 67.6 Å². The number of amides is 1. The van der Waals surface area contributed by atoms with Crippen LogP contribution in [0.5, 0.6) is 0 Å². The molecule has 3 aromatic rings. The molecule has 162 valence electrons. The lowest BCUT2D eigenvalue weighted by atomic mass is 10.2. The number of hydrogen-bond acceptors (Lipinski definition) is 5. The third kappa shape index (κ3) is 5.83. The van der Waals surface area contributed by atoms with E-state index in [1.807, 2.05) is 6.92 Å². The van der Waals surface area contributed by atoms with Crippen molar-refractivity contribution in [2.24, 2.45) is 0 Å². The number of carbonyl (C=O) groups is 1. The minimum Gasteiger partial charge on any atom is -0.326 e. The normalized spacial score (nSPS) is 11.5. The Morgan fingerprint density at radius 3 is 1.35 bits per heavy atom. The van der Waals surface area contributed by atoms with E-state index in [-0.39, 0.29) is 21.4 Å². The molecule has 0 aliphatic rings. The zero-order chi connectivity index (χ0) is 22.6. The summed E-state index contributed by atoms with van der Waals surface area (Å²) >= 11 is 0. The Kier molecular flexibility index (Phi) is 6.32. The fourth-order valence-electron chi connectivity index (χ4n) is 2.67. The Morgan fingerprint density at radius 1 is 0.613 bits per heavy atom. The van der Waals surface area contributed by atoms with Gasteiger partial charge in [0.25, 0.3) is 20.0 Å². The van der Waals surface area contributed by atoms with E-state index < -0.39 is 20.0 Å². The molecule has 3 N–H and O–H groups in total. The molecule has 0 aliphatic carbocycles. The third-order valence-corrected chi connectivity index (χ3v) is 7.00. The van der Waals surface area contributed by atoms with Crippen LogP contribution < -0.4 is 14.8 Å². The van der Waals surface area contributed by atoms with Gasteiger partial charge >= 0.3 is 0 Å². The summed E-state index contributed by atoms with van der Waals surface area (Å²) in [4.78, 5) is 11.2. The minimum absolute atomic E-state index is 0.0192. The highest BCUT2D eigenvalue weighted by molar-refractivity contribution is 7.93. The SMILES string of the molecule is CC(=O)Nc1ccc(S(=O)(=O)Nc2ccc(NS(=O)(=O)c3ccc(C)cc3)cc2)cc1. The molecule has 31 heavy (non-hydrogen) atoms. The quantitative estimate of drug-likeness (QED) is 0.499. The topological polar surface area (TPSA) is 121 Å². The molecule has 0 heterocycles. The predicted molar refractivity (Wildman–Crippen MR) is 120 cm³/mol. The van der Waals surface area contributed by atoms with Crippen molar-refractivity contribution < 1.29 is 21.6 Å². The van der Waals surface area contributed by atoms with E-state index in [1.54, 1.807) is 12.1 Å². The number of benzene rings is 3. The van der Waals surface area contributed by atoms with Crippen molar-refractivity contribution in [1.29, 1.82) is 0 Å². The van der Waals surface area contributed by atoms with Gasteiger partial charge in [0.2, 0.25) is 5.91 Å². The van der Waals surface area contributed by atoms with Gasteiger partial charge in [-0.1, -0.05) is 17.7 Å². The second-order valence-corrected chi connectivity index (χ2v) is 10.2. The van der Waals surface area contributed by atoms with Crippen LogP contribution in [0.4, 0.5) is 17.1 Å². The van der Waals surface area contributed by atoms with E-state index in [1.165, 1.54) is 67.6 Å². The lowest BCUT2D eigenvalue weighted by Gasteiger charge is -2.11. The smallest absolute Gasteiger partial charge is 0.261 e. The molecule has 0 aromatic heterocycles. The average Bonchev–Trinajstić information content (AvgIpc) is 2.69. The van der Waals surface area contributed by atoms with Gasteiger partial charge in [-0.25, -0.2) is 16.8 Å². The standard InChI is InChI=1S/C21H21N3O5S2/c1-15-3-11-20(12-4-15)30(26,27)23-18-5-7-19(8-6-18)24-31(28,29)21-13-9-17(10-14-21)22-16(2)25/h3-14,23-24H,1-2H3,(H,22,25). The van der Waals surface area contributed by atoms with Crippen molar-refractivity contribution >= 4 is 43.0 Å². The molecule has 8 nitrogen and oxygen atoms in total. The summed E-state index contributed by atoms with van der Waals surface area (Å²) in [6.07, 6.45) is 0. The lowest BCUT2D eigenvalue weighted by molar-refractivity contribution is -0.114. The van der Waals surface area contributed by atoms with E-state index in [9.17, 15) is 21.6 Å². The van der Waals surface area contributed by atoms with E-state index in [0.717, 1.165) is 5.56 Å². The van der Waals surface area contributed by atoms with Crippen LogP contribution in [0.2, 0.25) is 0 Å². The molecule has 0 atom stereocenters. The number of sulfonamides is 2. The van der Waals surface area contributed by atoms with Gasteiger partial charge in [0.15, 0.2) is 0 Å². The van der Waals surface area contributed by atoms with Crippen molar-refractivity contribution in [2.75, 3.05) is 14.8 Å². The van der Waals surface area contributed by atoms with Gasteiger partial charge in [0.05, 0.1) is 9.79 Å². The number of rotatable bonds is 7. The number of nitrogens with one attached hydrogen (secondary N) is 3.